The van der Waals surface area contributed by atoms with Gasteiger partial charge in [-0.25, -0.2) is 0 Å². The predicted octanol–water partition coefficient (Wildman–Crippen LogP) is 5.12. The average molecular weight is 421 g/mol. The molecular formula is C25H40O5. The molecule has 1 N–H and O–H groups in total. The van der Waals surface area contributed by atoms with Crippen LogP contribution >= 0.6 is 0 Å². The van der Waals surface area contributed by atoms with E-state index in [2.05, 4.69) is 38.2 Å². The molecule has 0 radical (unpaired) electrons. The van der Waals surface area contributed by atoms with Crippen LogP contribution in [0.5, 0.6) is 0 Å². The van der Waals surface area contributed by atoms with E-state index in [0.29, 0.717) is 6.42 Å². The summed E-state index contributed by atoms with van der Waals surface area (Å²) in [7, 11) is 4.60. The largest absolute Gasteiger partial charge is 0.494 e. The van der Waals surface area contributed by atoms with Crippen LogP contribution in [-0.4, -0.2) is 43.9 Å². The van der Waals surface area contributed by atoms with Crippen molar-refractivity contribution in [1.82, 2.24) is 0 Å². The summed E-state index contributed by atoms with van der Waals surface area (Å²) in [5.41, 5.74) is 2.35. The topological polar surface area (TPSA) is 65.0 Å². The molecule has 5 heteroatoms. The van der Waals surface area contributed by atoms with Crippen LogP contribution in [0.25, 0.3) is 0 Å². The van der Waals surface area contributed by atoms with E-state index in [1.807, 2.05) is 20.8 Å². The van der Waals surface area contributed by atoms with Gasteiger partial charge in [0.2, 0.25) is 11.5 Å². The first-order valence-electron chi connectivity index (χ1n) is 10.7. The Morgan fingerprint density at radius 3 is 2.33 bits per heavy atom. The van der Waals surface area contributed by atoms with Gasteiger partial charge < -0.3 is 19.3 Å². The fourth-order valence-electron chi connectivity index (χ4n) is 3.54. The molecule has 1 aliphatic rings. The molecule has 0 fully saturated rings. The van der Waals surface area contributed by atoms with Crippen molar-refractivity contribution in [3.63, 3.8) is 0 Å². The molecule has 0 aromatic carbocycles. The van der Waals surface area contributed by atoms with Crippen LogP contribution in [0.15, 0.2) is 47.0 Å². The van der Waals surface area contributed by atoms with E-state index in [1.165, 1.54) is 25.4 Å². The number of carbonyl (C=O) groups excluding carboxylic acids is 1. The van der Waals surface area contributed by atoms with Crippen molar-refractivity contribution < 1.29 is 24.1 Å². The van der Waals surface area contributed by atoms with Gasteiger partial charge in [-0.05, 0) is 53.4 Å². The van der Waals surface area contributed by atoms with E-state index in [-0.39, 0.29) is 34.7 Å². The zero-order valence-corrected chi connectivity index (χ0v) is 20.0. The normalized spacial score (nSPS) is 24.0. The maximum atomic E-state index is 12.5. The molecule has 0 aromatic rings. The Kier molecular flexibility index (Phi) is 10.6. The Balaban J connectivity index is 2.63. The second kappa shape index (κ2) is 12.1. The summed E-state index contributed by atoms with van der Waals surface area (Å²) < 4.78 is 15.8. The van der Waals surface area contributed by atoms with Crippen LogP contribution in [0.1, 0.15) is 60.3 Å². The van der Waals surface area contributed by atoms with Gasteiger partial charge in [0.1, 0.15) is 6.10 Å². The number of ketones is 1. The molecule has 0 saturated carbocycles. The summed E-state index contributed by atoms with van der Waals surface area (Å²) in [5.74, 6) is -0.270. The highest BCUT2D eigenvalue weighted by atomic mass is 16.5. The number of rotatable bonds is 11. The third kappa shape index (κ3) is 7.44. The molecule has 5 nitrogen and oxygen atoms in total. The molecular weight excluding hydrogens is 380 g/mol. The van der Waals surface area contributed by atoms with Gasteiger partial charge in [-0.15, -0.1) is 0 Å². The second-order valence-corrected chi connectivity index (χ2v) is 8.65. The summed E-state index contributed by atoms with van der Waals surface area (Å²) in [6, 6.07) is 0. The Hall–Kier alpha value is -1.85. The average Bonchev–Trinajstić information content (AvgIpc) is 2.70. The standard InChI is InChI=1S/C25H40O5/c1-17(13-10-16-25(4,5)30-8)11-9-12-18(2)14-15-20-19(3)21(26)23(28-6)24(29-7)22(20)27/h10-11,14,16,19-20,22,27H,9,12-13,15H2,1-8H3. The molecule has 170 valence electrons. The van der Waals surface area contributed by atoms with Crippen molar-refractivity contribution in [3.8, 4) is 0 Å². The molecule has 3 unspecified atom stereocenters. The molecule has 0 saturated heterocycles. The zero-order chi connectivity index (χ0) is 22.9. The van der Waals surface area contributed by atoms with E-state index in [4.69, 9.17) is 14.2 Å². The number of ether oxygens (including phenoxy) is 3. The van der Waals surface area contributed by atoms with E-state index in [0.717, 1.165) is 19.3 Å². The van der Waals surface area contributed by atoms with Gasteiger partial charge in [0.05, 0.1) is 19.8 Å². The fourth-order valence-corrected chi connectivity index (χ4v) is 3.54. The number of aliphatic hydroxyl groups is 1. The lowest BCUT2D eigenvalue weighted by molar-refractivity contribution is -0.128. The summed E-state index contributed by atoms with van der Waals surface area (Å²) in [5, 5.41) is 10.7. The maximum absolute atomic E-state index is 12.5. The first kappa shape index (κ1) is 26.2. The van der Waals surface area contributed by atoms with Crippen LogP contribution in [0.4, 0.5) is 0 Å². The molecule has 0 aromatic heterocycles. The monoisotopic (exact) mass is 420 g/mol. The Bertz CT molecular complexity index is 696. The molecule has 0 aliphatic heterocycles. The van der Waals surface area contributed by atoms with Crippen LogP contribution in [0, 0.1) is 11.8 Å². The molecule has 0 spiro atoms. The van der Waals surface area contributed by atoms with Gasteiger partial charge in [-0.2, -0.15) is 0 Å². The van der Waals surface area contributed by atoms with E-state index in [1.54, 1.807) is 7.11 Å². The van der Waals surface area contributed by atoms with Crippen molar-refractivity contribution >= 4 is 5.78 Å². The minimum absolute atomic E-state index is 0.112. The highest BCUT2D eigenvalue weighted by Crippen LogP contribution is 2.35. The maximum Gasteiger partial charge on any atom is 0.204 e. The van der Waals surface area contributed by atoms with E-state index < -0.39 is 6.10 Å². The summed E-state index contributed by atoms with van der Waals surface area (Å²) in [6.07, 6.45) is 11.2. The van der Waals surface area contributed by atoms with Gasteiger partial charge in [0, 0.05) is 18.9 Å². The zero-order valence-electron chi connectivity index (χ0n) is 20.0. The minimum Gasteiger partial charge on any atom is -0.494 e. The molecule has 1 aliphatic carbocycles. The number of carbonyl (C=O) groups is 1. The van der Waals surface area contributed by atoms with E-state index >= 15 is 0 Å². The van der Waals surface area contributed by atoms with Crippen LogP contribution < -0.4 is 0 Å². The lowest BCUT2D eigenvalue weighted by Gasteiger charge is -2.33. The number of hydrogen-bond donors (Lipinski definition) is 1. The number of hydrogen-bond acceptors (Lipinski definition) is 5. The smallest absolute Gasteiger partial charge is 0.204 e. The summed E-state index contributed by atoms with van der Waals surface area (Å²) >= 11 is 0. The van der Waals surface area contributed by atoms with Crippen molar-refractivity contribution in [2.45, 2.75) is 72.0 Å². The summed E-state index contributed by atoms with van der Waals surface area (Å²) in [4.78, 5) is 12.5. The SMILES string of the molecule is COC1=C(OC)C(O)C(CC=C(C)CCC=C(C)CC=CC(C)(C)OC)C(C)C1=O. The predicted molar refractivity (Wildman–Crippen MR) is 121 cm³/mol. The molecule has 30 heavy (non-hydrogen) atoms. The summed E-state index contributed by atoms with van der Waals surface area (Å²) in [6.45, 7) is 10.2. The van der Waals surface area contributed by atoms with Gasteiger partial charge >= 0.3 is 0 Å². The third-order valence-electron chi connectivity index (χ3n) is 5.86. The molecule has 0 bridgehead atoms. The fraction of sp³-hybridized carbons (Fsp3) is 0.640. The number of allylic oxidation sites excluding steroid dienone is 6. The molecule has 3 atom stereocenters. The molecule has 0 amide bonds. The first-order valence-corrected chi connectivity index (χ1v) is 10.7. The van der Waals surface area contributed by atoms with Gasteiger partial charge in [0.25, 0.3) is 0 Å². The van der Waals surface area contributed by atoms with Crippen molar-refractivity contribution in [3.05, 3.63) is 47.0 Å². The van der Waals surface area contributed by atoms with E-state index in [9.17, 15) is 9.90 Å². The quantitative estimate of drug-likeness (QED) is 0.470. The third-order valence-corrected chi connectivity index (χ3v) is 5.86. The van der Waals surface area contributed by atoms with Crippen LogP contribution in [0.2, 0.25) is 0 Å². The Morgan fingerprint density at radius 1 is 1.10 bits per heavy atom. The Labute approximate surface area is 182 Å². The number of Topliss-reactive ketones (excluding diaryl/α,β-unsaturated/α-hetero) is 1. The highest BCUT2D eigenvalue weighted by Gasteiger charge is 2.42. The lowest BCUT2D eigenvalue weighted by Crippen LogP contribution is -2.40. The van der Waals surface area contributed by atoms with Crippen molar-refractivity contribution in [1.29, 1.82) is 0 Å². The lowest BCUT2D eigenvalue weighted by atomic mass is 9.77. The van der Waals surface area contributed by atoms with Gasteiger partial charge in [0.15, 0.2) is 5.76 Å². The van der Waals surface area contributed by atoms with Crippen molar-refractivity contribution in [2.24, 2.45) is 11.8 Å². The van der Waals surface area contributed by atoms with Gasteiger partial charge in [-0.1, -0.05) is 42.4 Å². The molecule has 0 heterocycles. The first-order chi connectivity index (χ1) is 14.1. The minimum atomic E-state index is -0.841. The molecule has 1 rings (SSSR count). The van der Waals surface area contributed by atoms with Crippen LogP contribution in [-0.2, 0) is 19.0 Å². The van der Waals surface area contributed by atoms with Gasteiger partial charge in [-0.3, -0.25) is 4.79 Å². The Morgan fingerprint density at radius 2 is 1.77 bits per heavy atom. The second-order valence-electron chi connectivity index (χ2n) is 8.65. The number of methoxy groups -OCH3 is 3. The van der Waals surface area contributed by atoms with Crippen molar-refractivity contribution in [2.75, 3.05) is 21.3 Å². The number of aliphatic hydroxyl groups excluding tert-OH is 1. The highest BCUT2D eigenvalue weighted by molar-refractivity contribution is 5.97. The van der Waals surface area contributed by atoms with Crippen LogP contribution in [0.3, 0.4) is 0 Å².